The lowest BCUT2D eigenvalue weighted by Crippen LogP contribution is -2.41. The first-order valence-electron chi connectivity index (χ1n) is 7.55. The van der Waals surface area contributed by atoms with Crippen molar-refractivity contribution in [3.05, 3.63) is 18.3 Å². The van der Waals surface area contributed by atoms with Gasteiger partial charge in [0.2, 0.25) is 0 Å². The van der Waals surface area contributed by atoms with E-state index in [0.717, 1.165) is 18.3 Å². The van der Waals surface area contributed by atoms with Crippen LogP contribution in [-0.2, 0) is 9.31 Å². The number of aliphatic hydroxyl groups excluding tert-OH is 1. The first-order valence-corrected chi connectivity index (χ1v) is 7.55. The number of hydrogen-bond donors (Lipinski definition) is 2. The number of aromatic nitrogens is 1. The molecule has 2 fully saturated rings. The first-order chi connectivity index (χ1) is 9.78. The van der Waals surface area contributed by atoms with Gasteiger partial charge in [-0.2, -0.15) is 0 Å². The summed E-state index contributed by atoms with van der Waals surface area (Å²) in [6.45, 7) is 8.13. The Morgan fingerprint density at radius 1 is 1.29 bits per heavy atom. The maximum Gasteiger partial charge on any atom is 0.495 e. The summed E-state index contributed by atoms with van der Waals surface area (Å²) in [5.74, 6) is 1.01. The zero-order chi connectivity index (χ0) is 15.3. The lowest BCUT2D eigenvalue weighted by Gasteiger charge is -2.32. The zero-order valence-electron chi connectivity index (χ0n) is 13.1. The Balaban J connectivity index is 1.74. The monoisotopic (exact) mass is 290 g/mol. The fourth-order valence-corrected chi connectivity index (χ4v) is 2.33. The van der Waals surface area contributed by atoms with Crippen LogP contribution < -0.4 is 10.8 Å². The van der Waals surface area contributed by atoms with Crippen LogP contribution in [0.3, 0.4) is 0 Å². The Hall–Kier alpha value is -1.11. The van der Waals surface area contributed by atoms with E-state index >= 15 is 0 Å². The van der Waals surface area contributed by atoms with Crippen molar-refractivity contribution in [3.63, 3.8) is 0 Å². The van der Waals surface area contributed by atoms with Gasteiger partial charge in [0.15, 0.2) is 0 Å². The maximum absolute atomic E-state index is 9.95. The van der Waals surface area contributed by atoms with Gasteiger partial charge in [-0.05, 0) is 58.1 Å². The van der Waals surface area contributed by atoms with Crippen molar-refractivity contribution >= 4 is 18.4 Å². The number of anilines is 1. The minimum atomic E-state index is -0.522. The summed E-state index contributed by atoms with van der Waals surface area (Å²) in [6, 6.07) is 3.77. The highest BCUT2D eigenvalue weighted by atomic mass is 16.7. The van der Waals surface area contributed by atoms with Gasteiger partial charge in [-0.3, -0.25) is 0 Å². The van der Waals surface area contributed by atoms with Crippen molar-refractivity contribution in [1.29, 1.82) is 0 Å². The van der Waals surface area contributed by atoms with Crippen LogP contribution in [0.4, 0.5) is 5.82 Å². The van der Waals surface area contributed by atoms with Crippen LogP contribution >= 0.6 is 0 Å². The minimum Gasteiger partial charge on any atom is -0.399 e. The molecule has 114 valence electrons. The van der Waals surface area contributed by atoms with Crippen LogP contribution in [0.15, 0.2) is 18.3 Å². The molecule has 6 heteroatoms. The van der Waals surface area contributed by atoms with Crippen molar-refractivity contribution in [3.8, 4) is 0 Å². The molecule has 1 atom stereocenters. The fourth-order valence-electron chi connectivity index (χ4n) is 2.33. The summed E-state index contributed by atoms with van der Waals surface area (Å²) in [5, 5.41) is 13.0. The van der Waals surface area contributed by atoms with Gasteiger partial charge in [-0.15, -0.1) is 0 Å². The van der Waals surface area contributed by atoms with E-state index in [1.807, 2.05) is 39.8 Å². The first kappa shape index (κ1) is 14.8. The Morgan fingerprint density at radius 2 is 1.90 bits per heavy atom. The van der Waals surface area contributed by atoms with Crippen LogP contribution in [0.2, 0.25) is 0 Å². The van der Waals surface area contributed by atoms with Gasteiger partial charge >= 0.3 is 7.12 Å². The molecule has 1 saturated carbocycles. The lowest BCUT2D eigenvalue weighted by molar-refractivity contribution is 0.00578. The molecule has 1 aromatic heterocycles. The van der Waals surface area contributed by atoms with Crippen molar-refractivity contribution < 1.29 is 14.4 Å². The van der Waals surface area contributed by atoms with Crippen molar-refractivity contribution in [2.75, 3.05) is 5.32 Å². The van der Waals surface area contributed by atoms with Gasteiger partial charge in [0, 0.05) is 12.1 Å². The predicted molar refractivity (Wildman–Crippen MR) is 82.3 cm³/mol. The highest BCUT2D eigenvalue weighted by Gasteiger charge is 2.51. The average molecular weight is 290 g/mol. The number of hydrogen-bond acceptors (Lipinski definition) is 5. The molecule has 2 heterocycles. The van der Waals surface area contributed by atoms with Gasteiger partial charge in [0.05, 0.1) is 11.2 Å². The van der Waals surface area contributed by atoms with Gasteiger partial charge in [-0.1, -0.05) is 0 Å². The third-order valence-electron chi connectivity index (χ3n) is 4.67. The Bertz CT molecular complexity index is 515. The van der Waals surface area contributed by atoms with Crippen molar-refractivity contribution in [2.24, 2.45) is 5.92 Å². The van der Waals surface area contributed by atoms with E-state index < -0.39 is 13.3 Å². The smallest absolute Gasteiger partial charge is 0.399 e. The lowest BCUT2D eigenvalue weighted by atomic mass is 9.80. The van der Waals surface area contributed by atoms with Crippen LogP contribution in [0.1, 0.15) is 40.5 Å². The Labute approximate surface area is 126 Å². The van der Waals surface area contributed by atoms with E-state index in [2.05, 4.69) is 10.3 Å². The van der Waals surface area contributed by atoms with Gasteiger partial charge < -0.3 is 19.7 Å². The number of nitrogens with zero attached hydrogens (tertiary/aromatic N) is 1. The van der Waals surface area contributed by atoms with Crippen LogP contribution in [0, 0.1) is 5.92 Å². The second kappa shape index (κ2) is 4.97. The molecule has 0 aromatic carbocycles. The van der Waals surface area contributed by atoms with E-state index in [0.29, 0.717) is 11.7 Å². The molecule has 21 heavy (non-hydrogen) atoms. The maximum atomic E-state index is 9.95. The van der Waals surface area contributed by atoms with E-state index in [4.69, 9.17) is 9.31 Å². The summed E-state index contributed by atoms with van der Waals surface area (Å²) < 4.78 is 12.1. The zero-order valence-corrected chi connectivity index (χ0v) is 13.1. The number of nitrogens with one attached hydrogen (secondary N) is 1. The topological polar surface area (TPSA) is 63.6 Å². The van der Waals surface area contributed by atoms with E-state index in [1.165, 1.54) is 0 Å². The number of rotatable bonds is 4. The molecule has 5 nitrogen and oxygen atoms in total. The quantitative estimate of drug-likeness (QED) is 0.650. The van der Waals surface area contributed by atoms with Gasteiger partial charge in [0.25, 0.3) is 0 Å². The highest BCUT2D eigenvalue weighted by molar-refractivity contribution is 6.62. The summed E-state index contributed by atoms with van der Waals surface area (Å²) in [6.07, 6.45) is 3.34. The van der Waals surface area contributed by atoms with Crippen LogP contribution in [0.5, 0.6) is 0 Å². The normalized spacial score (nSPS) is 24.9. The van der Waals surface area contributed by atoms with E-state index in [-0.39, 0.29) is 11.2 Å². The molecule has 1 aliphatic carbocycles. The molecule has 2 N–H and O–H groups in total. The molecule has 0 spiro atoms. The molecule has 1 aromatic rings. The second-order valence-corrected chi connectivity index (χ2v) is 6.99. The van der Waals surface area contributed by atoms with Gasteiger partial charge in [0.1, 0.15) is 12.0 Å². The highest BCUT2D eigenvalue weighted by Crippen LogP contribution is 2.36. The summed E-state index contributed by atoms with van der Waals surface area (Å²) in [5.41, 5.74) is 0.193. The molecule has 1 aliphatic heterocycles. The van der Waals surface area contributed by atoms with Crippen molar-refractivity contribution in [2.45, 2.75) is 58.0 Å². The van der Waals surface area contributed by atoms with E-state index in [9.17, 15) is 5.11 Å². The third-order valence-corrected chi connectivity index (χ3v) is 4.67. The molecule has 1 unspecified atom stereocenters. The number of aliphatic hydroxyl groups is 1. The molecule has 3 rings (SSSR count). The third kappa shape index (κ3) is 2.93. The molecule has 2 aliphatic rings. The summed E-state index contributed by atoms with van der Waals surface area (Å²) in [4.78, 5) is 4.25. The molecular weight excluding hydrogens is 267 g/mol. The standard InChI is InChI=1S/C15H23BN2O3/c1-14(2)15(3,4)21-16(20-14)11-7-8-17-12(9-11)18-13(19)10-5-6-10/h7-10,13,19H,5-6H2,1-4H3,(H,17,18). The largest absolute Gasteiger partial charge is 0.495 e. The Morgan fingerprint density at radius 3 is 2.48 bits per heavy atom. The Kier molecular flexibility index (Phi) is 3.51. The summed E-state index contributed by atoms with van der Waals surface area (Å²) in [7, 11) is -0.406. The molecule has 0 radical (unpaired) electrons. The minimum absolute atomic E-state index is 0.354. The second-order valence-electron chi connectivity index (χ2n) is 6.99. The molecule has 0 amide bonds. The van der Waals surface area contributed by atoms with Crippen LogP contribution in [-0.4, -0.2) is 34.6 Å². The summed E-state index contributed by atoms with van der Waals surface area (Å²) >= 11 is 0. The van der Waals surface area contributed by atoms with Crippen LogP contribution in [0.25, 0.3) is 0 Å². The molecule has 1 saturated heterocycles. The average Bonchev–Trinajstić information content (AvgIpc) is 3.18. The van der Waals surface area contributed by atoms with Crippen molar-refractivity contribution in [1.82, 2.24) is 4.98 Å². The molecular formula is C15H23BN2O3. The predicted octanol–water partition coefficient (Wildman–Crippen LogP) is 1.52. The molecule has 0 bridgehead atoms. The fraction of sp³-hybridized carbons (Fsp3) is 0.667. The van der Waals surface area contributed by atoms with Gasteiger partial charge in [-0.25, -0.2) is 4.98 Å². The van der Waals surface area contributed by atoms with E-state index in [1.54, 1.807) is 6.20 Å². The SMILES string of the molecule is CC1(C)OB(c2ccnc(NC(O)C3CC3)c2)OC1(C)C. The number of pyridine rings is 1.